The number of esters is 1. The standard InChI is InChI=1S/C22H20ClF3N4O3S/c1-3-33-19(31)17-11(2)27-21(34)30-18(17)12-4-7-14(8-5-12)28-20(32)29-16-10-13(22(24,25)26)6-9-15(16)23/h4-10,18H,3H2,1-2H3,(H2,27,30,34)(H2,28,29,32). The Morgan fingerprint density at radius 3 is 2.44 bits per heavy atom. The van der Waals surface area contributed by atoms with Crippen LogP contribution < -0.4 is 21.3 Å². The minimum Gasteiger partial charge on any atom is -0.463 e. The van der Waals surface area contributed by atoms with E-state index in [-0.39, 0.29) is 17.3 Å². The van der Waals surface area contributed by atoms with E-state index < -0.39 is 29.8 Å². The van der Waals surface area contributed by atoms with Crippen LogP contribution in [0.1, 0.15) is 31.0 Å². The van der Waals surface area contributed by atoms with Crippen LogP contribution >= 0.6 is 23.8 Å². The fourth-order valence-corrected chi connectivity index (χ4v) is 3.70. The van der Waals surface area contributed by atoms with Gasteiger partial charge in [0.25, 0.3) is 0 Å². The van der Waals surface area contributed by atoms with E-state index in [0.29, 0.717) is 27.6 Å². The number of hydrogen-bond acceptors (Lipinski definition) is 4. The second-order valence-corrected chi connectivity index (χ2v) is 8.00. The van der Waals surface area contributed by atoms with E-state index in [1.54, 1.807) is 38.1 Å². The van der Waals surface area contributed by atoms with Crippen LogP contribution in [0, 0.1) is 0 Å². The van der Waals surface area contributed by atoms with Crippen molar-refractivity contribution >= 4 is 52.3 Å². The average molecular weight is 513 g/mol. The van der Waals surface area contributed by atoms with Crippen molar-refractivity contribution in [3.63, 3.8) is 0 Å². The molecule has 180 valence electrons. The number of rotatable bonds is 5. The summed E-state index contributed by atoms with van der Waals surface area (Å²) in [7, 11) is 0. The van der Waals surface area contributed by atoms with Crippen LogP contribution in [0.25, 0.3) is 0 Å². The highest BCUT2D eigenvalue weighted by atomic mass is 35.5. The van der Waals surface area contributed by atoms with Gasteiger partial charge in [-0.2, -0.15) is 13.2 Å². The predicted molar refractivity (Wildman–Crippen MR) is 126 cm³/mol. The summed E-state index contributed by atoms with van der Waals surface area (Å²) in [4.78, 5) is 24.8. The Bertz CT molecular complexity index is 1150. The Kier molecular flexibility index (Phi) is 7.68. The van der Waals surface area contributed by atoms with E-state index in [1.165, 1.54) is 0 Å². The van der Waals surface area contributed by atoms with Gasteiger partial charge in [0, 0.05) is 11.4 Å². The zero-order chi connectivity index (χ0) is 25.0. The molecule has 1 unspecified atom stereocenters. The molecule has 0 spiro atoms. The number of carbonyl (C=O) groups excluding carboxylic acids is 2. The molecule has 0 saturated heterocycles. The normalized spacial score (nSPS) is 15.8. The molecule has 1 atom stereocenters. The zero-order valence-corrected chi connectivity index (χ0v) is 19.5. The third-order valence-electron chi connectivity index (χ3n) is 4.81. The number of nitrogens with one attached hydrogen (secondary N) is 4. The van der Waals surface area contributed by atoms with Gasteiger partial charge in [0.1, 0.15) is 0 Å². The van der Waals surface area contributed by atoms with Crippen molar-refractivity contribution in [2.45, 2.75) is 26.1 Å². The summed E-state index contributed by atoms with van der Waals surface area (Å²) in [6.07, 6.45) is -4.58. The number of hydrogen-bond donors (Lipinski definition) is 4. The number of benzene rings is 2. The summed E-state index contributed by atoms with van der Waals surface area (Å²) in [6, 6.07) is 7.78. The molecule has 34 heavy (non-hydrogen) atoms. The molecular weight excluding hydrogens is 493 g/mol. The Hall–Kier alpha value is -3.31. The van der Waals surface area contributed by atoms with Crippen LogP contribution in [0.15, 0.2) is 53.7 Å². The molecule has 0 saturated carbocycles. The SMILES string of the molecule is CCOC(=O)C1=C(C)NC(=S)NC1c1ccc(NC(=O)Nc2cc(C(F)(F)F)ccc2Cl)cc1. The largest absolute Gasteiger partial charge is 0.463 e. The highest BCUT2D eigenvalue weighted by Gasteiger charge is 2.32. The van der Waals surface area contributed by atoms with Gasteiger partial charge in [0.05, 0.1) is 34.5 Å². The summed E-state index contributed by atoms with van der Waals surface area (Å²) < 4.78 is 43.9. The number of carbonyl (C=O) groups is 2. The lowest BCUT2D eigenvalue weighted by atomic mass is 9.95. The Morgan fingerprint density at radius 1 is 1.15 bits per heavy atom. The number of allylic oxidation sites excluding steroid dienone is 1. The van der Waals surface area contributed by atoms with Gasteiger partial charge in [-0.15, -0.1) is 0 Å². The molecule has 3 rings (SSSR count). The average Bonchev–Trinajstić information content (AvgIpc) is 2.74. The Balaban J connectivity index is 1.75. The van der Waals surface area contributed by atoms with Crippen LogP contribution in [0.2, 0.25) is 5.02 Å². The highest BCUT2D eigenvalue weighted by Crippen LogP contribution is 2.34. The van der Waals surface area contributed by atoms with E-state index in [9.17, 15) is 22.8 Å². The topological polar surface area (TPSA) is 91.5 Å². The molecule has 0 bridgehead atoms. The number of amides is 2. The van der Waals surface area contributed by atoms with E-state index in [4.69, 9.17) is 28.6 Å². The Labute approximate surface area is 203 Å². The summed E-state index contributed by atoms with van der Waals surface area (Å²) in [5.41, 5.74) is 0.847. The lowest BCUT2D eigenvalue weighted by Crippen LogP contribution is -2.45. The number of halogens is 4. The molecule has 0 fully saturated rings. The molecule has 12 heteroatoms. The first kappa shape index (κ1) is 25.3. The molecule has 0 aromatic heterocycles. The molecule has 1 aliphatic heterocycles. The third kappa shape index (κ3) is 5.97. The van der Waals surface area contributed by atoms with Crippen molar-refractivity contribution in [1.82, 2.24) is 10.6 Å². The second-order valence-electron chi connectivity index (χ2n) is 7.18. The molecule has 7 nitrogen and oxygen atoms in total. The smallest absolute Gasteiger partial charge is 0.416 e. The van der Waals surface area contributed by atoms with Gasteiger partial charge in [-0.25, -0.2) is 9.59 Å². The number of ether oxygens (including phenoxy) is 1. The first-order chi connectivity index (χ1) is 16.0. The molecule has 2 aromatic carbocycles. The van der Waals surface area contributed by atoms with Gasteiger partial charge in [-0.3, -0.25) is 0 Å². The lowest BCUT2D eigenvalue weighted by molar-refractivity contribution is -0.139. The summed E-state index contributed by atoms with van der Waals surface area (Å²) in [5, 5.41) is 11.1. The van der Waals surface area contributed by atoms with Gasteiger partial charge in [-0.1, -0.05) is 23.7 Å². The quantitative estimate of drug-likeness (QED) is 0.318. The van der Waals surface area contributed by atoms with E-state index in [0.717, 1.165) is 18.2 Å². The van der Waals surface area contributed by atoms with Crippen LogP contribution in [0.5, 0.6) is 0 Å². The van der Waals surface area contributed by atoms with Crippen LogP contribution in [0.3, 0.4) is 0 Å². The summed E-state index contributed by atoms with van der Waals surface area (Å²) in [6.45, 7) is 3.63. The zero-order valence-electron chi connectivity index (χ0n) is 18.0. The maximum atomic E-state index is 12.9. The number of urea groups is 1. The van der Waals surface area contributed by atoms with Crippen molar-refractivity contribution in [3.8, 4) is 0 Å². The Morgan fingerprint density at radius 2 is 1.82 bits per heavy atom. The van der Waals surface area contributed by atoms with Gasteiger partial charge in [0.2, 0.25) is 0 Å². The maximum absolute atomic E-state index is 12.9. The van der Waals surface area contributed by atoms with Crippen molar-refractivity contribution in [2.75, 3.05) is 17.2 Å². The predicted octanol–water partition coefficient (Wildman–Crippen LogP) is 5.36. The van der Waals surface area contributed by atoms with Crippen LogP contribution in [-0.4, -0.2) is 23.7 Å². The molecule has 2 aromatic rings. The first-order valence-electron chi connectivity index (χ1n) is 9.99. The summed E-state index contributed by atoms with van der Waals surface area (Å²) in [5.74, 6) is -0.493. The van der Waals surface area contributed by atoms with Crippen molar-refractivity contribution in [3.05, 3.63) is 69.9 Å². The van der Waals surface area contributed by atoms with Crippen molar-refractivity contribution in [1.29, 1.82) is 0 Å². The maximum Gasteiger partial charge on any atom is 0.416 e. The minimum atomic E-state index is -4.58. The first-order valence-corrected chi connectivity index (χ1v) is 10.8. The number of thiocarbonyl (C=S) groups is 1. The second kappa shape index (κ2) is 10.3. The van der Waals surface area contributed by atoms with Gasteiger partial charge in [0.15, 0.2) is 5.11 Å². The van der Waals surface area contributed by atoms with Crippen LogP contribution in [0.4, 0.5) is 29.3 Å². The molecule has 4 N–H and O–H groups in total. The fourth-order valence-electron chi connectivity index (χ4n) is 3.26. The fraction of sp³-hybridized carbons (Fsp3) is 0.227. The van der Waals surface area contributed by atoms with E-state index >= 15 is 0 Å². The molecule has 2 amide bonds. The molecular formula is C22H20ClF3N4O3S. The van der Waals surface area contributed by atoms with Crippen molar-refractivity contribution < 1.29 is 27.5 Å². The lowest BCUT2D eigenvalue weighted by Gasteiger charge is -2.29. The summed E-state index contributed by atoms with van der Waals surface area (Å²) >= 11 is 11.1. The number of alkyl halides is 3. The van der Waals surface area contributed by atoms with Crippen LogP contribution in [-0.2, 0) is 15.7 Å². The highest BCUT2D eigenvalue weighted by molar-refractivity contribution is 7.80. The van der Waals surface area contributed by atoms with Gasteiger partial charge >= 0.3 is 18.2 Å². The minimum absolute atomic E-state index is 0.0416. The molecule has 0 aliphatic carbocycles. The molecule has 0 radical (unpaired) electrons. The third-order valence-corrected chi connectivity index (χ3v) is 5.36. The van der Waals surface area contributed by atoms with Gasteiger partial charge < -0.3 is 26.0 Å². The number of anilines is 2. The monoisotopic (exact) mass is 512 g/mol. The van der Waals surface area contributed by atoms with Crippen molar-refractivity contribution in [2.24, 2.45) is 0 Å². The van der Waals surface area contributed by atoms with Gasteiger partial charge in [-0.05, 0) is 62.0 Å². The van der Waals surface area contributed by atoms with E-state index in [1.807, 2.05) is 0 Å². The van der Waals surface area contributed by atoms with E-state index in [2.05, 4.69) is 21.3 Å². The molecule has 1 aliphatic rings. The molecule has 1 heterocycles.